The minimum atomic E-state index is -0.438. The summed E-state index contributed by atoms with van der Waals surface area (Å²) in [6.07, 6.45) is 1.80. The highest BCUT2D eigenvalue weighted by atomic mass is 79.9. The van der Waals surface area contributed by atoms with Crippen molar-refractivity contribution in [2.75, 3.05) is 7.11 Å². The Morgan fingerprint density at radius 2 is 1.77 bits per heavy atom. The maximum atomic E-state index is 13.0. The van der Waals surface area contributed by atoms with Crippen LogP contribution in [0, 0.1) is 10.1 Å². The standard InChI is InChI=1S/C25H19BrN2O5S2/c1-32-20-9-4-16(5-10-20)14-27-24(29)23(35-25(27)34)13-18-6-11-22(21(26)12-18)33-15-17-2-7-19(8-3-17)28(30)31/h2-13H,14-15H2,1H3. The van der Waals surface area contributed by atoms with Crippen LogP contribution in [0.15, 0.2) is 76.1 Å². The van der Waals surface area contributed by atoms with Crippen LogP contribution < -0.4 is 9.47 Å². The molecule has 0 radical (unpaired) electrons. The number of thiocarbonyl (C=S) groups is 1. The van der Waals surface area contributed by atoms with Gasteiger partial charge in [0.2, 0.25) is 0 Å². The van der Waals surface area contributed by atoms with E-state index in [1.165, 1.54) is 23.9 Å². The van der Waals surface area contributed by atoms with Crippen LogP contribution in [0.1, 0.15) is 16.7 Å². The first-order valence-electron chi connectivity index (χ1n) is 10.4. The molecule has 1 heterocycles. The van der Waals surface area contributed by atoms with E-state index in [1.54, 1.807) is 36.3 Å². The van der Waals surface area contributed by atoms with Crippen molar-refractivity contribution in [1.29, 1.82) is 0 Å². The normalized spacial score (nSPS) is 14.5. The highest BCUT2D eigenvalue weighted by Crippen LogP contribution is 2.35. The van der Waals surface area contributed by atoms with Crippen molar-refractivity contribution in [3.05, 3.63) is 103 Å². The van der Waals surface area contributed by atoms with Gasteiger partial charge in [0, 0.05) is 12.1 Å². The number of amides is 1. The molecule has 1 aliphatic rings. The van der Waals surface area contributed by atoms with E-state index in [1.807, 2.05) is 36.4 Å². The fourth-order valence-electron chi connectivity index (χ4n) is 3.30. The quantitative estimate of drug-likeness (QED) is 0.135. The van der Waals surface area contributed by atoms with Crippen LogP contribution in [-0.2, 0) is 17.9 Å². The second-order valence-electron chi connectivity index (χ2n) is 7.52. The lowest BCUT2D eigenvalue weighted by Crippen LogP contribution is -2.27. The Bertz CT molecular complexity index is 1310. The lowest BCUT2D eigenvalue weighted by atomic mass is 10.2. The van der Waals surface area contributed by atoms with Crippen molar-refractivity contribution < 1.29 is 19.2 Å². The summed E-state index contributed by atoms with van der Waals surface area (Å²) in [5, 5.41) is 10.8. The highest BCUT2D eigenvalue weighted by Gasteiger charge is 2.32. The maximum Gasteiger partial charge on any atom is 0.269 e. The monoisotopic (exact) mass is 570 g/mol. The molecule has 35 heavy (non-hydrogen) atoms. The van der Waals surface area contributed by atoms with Crippen LogP contribution in [0.4, 0.5) is 5.69 Å². The summed E-state index contributed by atoms with van der Waals surface area (Å²) in [6, 6.07) is 19.3. The molecule has 0 bridgehead atoms. The number of rotatable bonds is 8. The SMILES string of the molecule is COc1ccc(CN2C(=O)C(=Cc3ccc(OCc4ccc([N+](=O)[O-])cc4)c(Br)c3)SC2=S)cc1. The number of carbonyl (C=O) groups excluding carboxylic acids is 1. The van der Waals surface area contributed by atoms with E-state index in [9.17, 15) is 14.9 Å². The van der Waals surface area contributed by atoms with Gasteiger partial charge >= 0.3 is 0 Å². The molecule has 0 N–H and O–H groups in total. The van der Waals surface area contributed by atoms with Gasteiger partial charge in [-0.05, 0) is 75.1 Å². The molecule has 0 aromatic heterocycles. The predicted molar refractivity (Wildman–Crippen MR) is 143 cm³/mol. The number of hydrogen-bond donors (Lipinski definition) is 0. The molecular formula is C25H19BrN2O5S2. The summed E-state index contributed by atoms with van der Waals surface area (Å²) < 4.78 is 12.3. The Morgan fingerprint density at radius 3 is 2.40 bits per heavy atom. The van der Waals surface area contributed by atoms with Crippen molar-refractivity contribution >= 4 is 61.9 Å². The molecule has 0 saturated carbocycles. The van der Waals surface area contributed by atoms with Gasteiger partial charge in [-0.1, -0.05) is 42.2 Å². The van der Waals surface area contributed by atoms with Gasteiger partial charge in [-0.3, -0.25) is 19.8 Å². The van der Waals surface area contributed by atoms with Crippen LogP contribution in [-0.4, -0.2) is 27.2 Å². The summed E-state index contributed by atoms with van der Waals surface area (Å²) in [6.45, 7) is 0.658. The van der Waals surface area contributed by atoms with E-state index in [0.717, 1.165) is 26.9 Å². The fourth-order valence-corrected chi connectivity index (χ4v) is 5.07. The largest absolute Gasteiger partial charge is 0.497 e. The zero-order valence-electron chi connectivity index (χ0n) is 18.5. The number of thioether (sulfide) groups is 1. The predicted octanol–water partition coefficient (Wildman–Crippen LogP) is 6.35. The molecule has 1 amide bonds. The molecule has 1 fully saturated rings. The molecule has 178 valence electrons. The zero-order valence-corrected chi connectivity index (χ0v) is 21.7. The van der Waals surface area contributed by atoms with Gasteiger partial charge in [-0.25, -0.2) is 0 Å². The summed E-state index contributed by atoms with van der Waals surface area (Å²) in [5.74, 6) is 1.24. The number of non-ortho nitro benzene ring substituents is 1. The molecule has 3 aromatic rings. The Hall–Kier alpha value is -3.21. The van der Waals surface area contributed by atoms with Crippen LogP contribution in [0.5, 0.6) is 11.5 Å². The van der Waals surface area contributed by atoms with Gasteiger partial charge in [0.05, 0.1) is 28.0 Å². The Kier molecular flexibility index (Phi) is 7.84. The maximum absolute atomic E-state index is 13.0. The molecule has 4 rings (SSSR count). The van der Waals surface area contributed by atoms with Gasteiger partial charge in [-0.2, -0.15) is 0 Å². The smallest absolute Gasteiger partial charge is 0.269 e. The fraction of sp³-hybridized carbons (Fsp3) is 0.120. The number of benzene rings is 3. The van der Waals surface area contributed by atoms with Crippen molar-refractivity contribution in [2.24, 2.45) is 0 Å². The number of ether oxygens (including phenoxy) is 2. The number of nitrogens with zero attached hydrogens (tertiary/aromatic N) is 2. The summed E-state index contributed by atoms with van der Waals surface area (Å²) in [7, 11) is 1.61. The highest BCUT2D eigenvalue weighted by molar-refractivity contribution is 9.10. The average Bonchev–Trinajstić information content (AvgIpc) is 3.11. The third-order valence-electron chi connectivity index (χ3n) is 5.17. The van der Waals surface area contributed by atoms with Crippen molar-refractivity contribution in [3.63, 3.8) is 0 Å². The number of nitro groups is 1. The van der Waals surface area contributed by atoms with Crippen LogP contribution in [0.25, 0.3) is 6.08 Å². The minimum Gasteiger partial charge on any atom is -0.497 e. The van der Waals surface area contributed by atoms with E-state index in [2.05, 4.69) is 15.9 Å². The lowest BCUT2D eigenvalue weighted by molar-refractivity contribution is -0.384. The third-order valence-corrected chi connectivity index (χ3v) is 7.17. The molecule has 7 nitrogen and oxygen atoms in total. The molecule has 0 atom stereocenters. The van der Waals surface area contributed by atoms with Crippen molar-refractivity contribution in [1.82, 2.24) is 4.90 Å². The molecule has 1 saturated heterocycles. The van der Waals surface area contributed by atoms with Crippen LogP contribution >= 0.6 is 39.9 Å². The van der Waals surface area contributed by atoms with E-state index in [-0.39, 0.29) is 18.2 Å². The van der Waals surface area contributed by atoms with Gasteiger partial charge < -0.3 is 9.47 Å². The van der Waals surface area contributed by atoms with Crippen LogP contribution in [0.2, 0.25) is 0 Å². The number of halogens is 1. The van der Waals surface area contributed by atoms with Crippen molar-refractivity contribution in [3.8, 4) is 11.5 Å². The van der Waals surface area contributed by atoms with Gasteiger partial charge in [0.1, 0.15) is 22.4 Å². The average molecular weight is 571 g/mol. The third kappa shape index (κ3) is 6.08. The van der Waals surface area contributed by atoms with Gasteiger partial charge in [0.15, 0.2) is 0 Å². The molecule has 0 spiro atoms. The van der Waals surface area contributed by atoms with E-state index >= 15 is 0 Å². The first-order valence-corrected chi connectivity index (χ1v) is 12.4. The molecule has 0 unspecified atom stereocenters. The molecule has 0 aliphatic carbocycles. The number of hydrogen-bond acceptors (Lipinski definition) is 7. The molecule has 3 aromatic carbocycles. The van der Waals surface area contributed by atoms with Gasteiger partial charge in [0.25, 0.3) is 11.6 Å². The van der Waals surface area contributed by atoms with E-state index in [4.69, 9.17) is 21.7 Å². The summed E-state index contributed by atoms with van der Waals surface area (Å²) in [5.41, 5.74) is 2.63. The summed E-state index contributed by atoms with van der Waals surface area (Å²) in [4.78, 5) is 25.5. The lowest BCUT2D eigenvalue weighted by Gasteiger charge is -2.14. The van der Waals surface area contributed by atoms with Crippen LogP contribution in [0.3, 0.4) is 0 Å². The van der Waals surface area contributed by atoms with Gasteiger partial charge in [-0.15, -0.1) is 0 Å². The number of nitro benzene ring substituents is 1. The van der Waals surface area contributed by atoms with Crippen molar-refractivity contribution in [2.45, 2.75) is 13.2 Å². The molecular weight excluding hydrogens is 552 g/mol. The number of carbonyl (C=O) groups is 1. The Labute approximate surface area is 220 Å². The Morgan fingerprint density at radius 1 is 1.09 bits per heavy atom. The minimum absolute atomic E-state index is 0.0358. The second-order valence-corrected chi connectivity index (χ2v) is 10.0. The molecule has 1 aliphatic heterocycles. The summed E-state index contributed by atoms with van der Waals surface area (Å²) >= 11 is 10.2. The Balaban J connectivity index is 1.41. The topological polar surface area (TPSA) is 81.9 Å². The van der Waals surface area contributed by atoms with E-state index in [0.29, 0.717) is 21.5 Å². The zero-order chi connectivity index (χ0) is 24.9. The molecule has 10 heteroatoms. The first kappa shape index (κ1) is 24.9. The first-order chi connectivity index (χ1) is 16.8. The number of methoxy groups -OCH3 is 1. The second kappa shape index (κ2) is 11.0. The van der Waals surface area contributed by atoms with E-state index < -0.39 is 4.92 Å².